The average Bonchev–Trinajstić information content (AvgIpc) is 3.16. The number of nitrogens with zero attached hydrogens (tertiary/aromatic N) is 3. The van der Waals surface area contributed by atoms with Crippen molar-refractivity contribution in [2.24, 2.45) is 0 Å². The highest BCUT2D eigenvalue weighted by Crippen LogP contribution is 2.24. The van der Waals surface area contributed by atoms with E-state index in [2.05, 4.69) is 36.2 Å². The molecule has 0 saturated carbocycles. The van der Waals surface area contributed by atoms with Crippen molar-refractivity contribution in [3.8, 4) is 17.0 Å². The van der Waals surface area contributed by atoms with E-state index in [4.69, 9.17) is 4.74 Å². The minimum absolute atomic E-state index is 0.00373. The zero-order valence-corrected chi connectivity index (χ0v) is 16.6. The summed E-state index contributed by atoms with van der Waals surface area (Å²) in [7, 11) is 0. The van der Waals surface area contributed by atoms with E-state index in [1.807, 2.05) is 53.3 Å². The molecule has 3 rings (SSSR count). The lowest BCUT2D eigenvalue weighted by Crippen LogP contribution is -2.31. The lowest BCUT2D eigenvalue weighted by molar-refractivity contribution is -0.123. The Morgan fingerprint density at radius 1 is 1.07 bits per heavy atom. The predicted octanol–water partition coefficient (Wildman–Crippen LogP) is 3.44. The molecule has 0 aliphatic heterocycles. The van der Waals surface area contributed by atoms with E-state index in [9.17, 15) is 4.79 Å². The van der Waals surface area contributed by atoms with Gasteiger partial charge in [-0.25, -0.2) is 0 Å². The van der Waals surface area contributed by atoms with Gasteiger partial charge in [0.2, 0.25) is 0 Å². The molecule has 0 aliphatic rings. The summed E-state index contributed by atoms with van der Waals surface area (Å²) in [6, 6.07) is 13.6. The van der Waals surface area contributed by atoms with Gasteiger partial charge in [0.15, 0.2) is 6.61 Å². The maximum absolute atomic E-state index is 12.0. The smallest absolute Gasteiger partial charge is 0.258 e. The molecule has 0 radical (unpaired) electrons. The molecule has 0 unspecified atom stereocenters. The highest BCUT2D eigenvalue weighted by molar-refractivity contribution is 5.77. The van der Waals surface area contributed by atoms with E-state index in [1.54, 1.807) is 12.4 Å². The van der Waals surface area contributed by atoms with E-state index in [1.165, 1.54) is 5.56 Å². The largest absolute Gasteiger partial charge is 0.484 e. The normalized spacial score (nSPS) is 11.2. The Hall–Kier alpha value is -3.15. The van der Waals surface area contributed by atoms with E-state index in [-0.39, 0.29) is 17.9 Å². The Labute approximate surface area is 165 Å². The Morgan fingerprint density at radius 2 is 1.79 bits per heavy atom. The summed E-state index contributed by atoms with van der Waals surface area (Å²) in [5.74, 6) is 0.540. The lowest BCUT2D eigenvalue weighted by Gasteiger charge is -2.19. The van der Waals surface area contributed by atoms with Gasteiger partial charge in [-0.3, -0.25) is 14.5 Å². The van der Waals surface area contributed by atoms with Crippen LogP contribution in [-0.4, -0.2) is 33.8 Å². The van der Waals surface area contributed by atoms with Gasteiger partial charge in [0.05, 0.1) is 12.2 Å². The molecule has 0 atom stereocenters. The Kier molecular flexibility index (Phi) is 6.09. The van der Waals surface area contributed by atoms with Crippen LogP contribution in [0, 0.1) is 0 Å². The van der Waals surface area contributed by atoms with E-state index in [0.717, 1.165) is 11.3 Å². The summed E-state index contributed by atoms with van der Waals surface area (Å²) in [6.07, 6.45) is 5.38. The predicted molar refractivity (Wildman–Crippen MR) is 109 cm³/mol. The molecule has 0 fully saturated rings. The minimum atomic E-state index is -0.151. The van der Waals surface area contributed by atoms with Crippen LogP contribution >= 0.6 is 0 Å². The number of pyridine rings is 1. The zero-order chi connectivity index (χ0) is 20.0. The summed E-state index contributed by atoms with van der Waals surface area (Å²) in [4.78, 5) is 16.0. The SMILES string of the molecule is CC(C)(C)c1ccc(OCC(=O)NCCn2ccc(-c3ccncc3)n2)cc1. The molecule has 3 aromatic rings. The number of carbonyl (C=O) groups excluding carboxylic acids is 1. The van der Waals surface area contributed by atoms with Crippen LogP contribution in [0.2, 0.25) is 0 Å². The molecule has 0 spiro atoms. The molecule has 146 valence electrons. The molecule has 6 heteroatoms. The number of ether oxygens (including phenoxy) is 1. The third-order valence-electron chi connectivity index (χ3n) is 4.37. The molecule has 1 amide bonds. The number of benzene rings is 1. The van der Waals surface area contributed by atoms with Crippen molar-refractivity contribution in [1.29, 1.82) is 0 Å². The van der Waals surface area contributed by atoms with Crippen LogP contribution in [0.1, 0.15) is 26.3 Å². The topological polar surface area (TPSA) is 69.0 Å². The molecular formula is C22H26N4O2. The van der Waals surface area contributed by atoms with Crippen molar-refractivity contribution in [1.82, 2.24) is 20.1 Å². The average molecular weight is 378 g/mol. The number of aromatic nitrogens is 3. The third-order valence-corrected chi connectivity index (χ3v) is 4.37. The molecule has 6 nitrogen and oxygen atoms in total. The van der Waals surface area contributed by atoms with Crippen molar-refractivity contribution < 1.29 is 9.53 Å². The van der Waals surface area contributed by atoms with Gasteiger partial charge in [-0.05, 0) is 41.3 Å². The van der Waals surface area contributed by atoms with Gasteiger partial charge in [-0.2, -0.15) is 5.10 Å². The first-order valence-electron chi connectivity index (χ1n) is 9.36. The van der Waals surface area contributed by atoms with E-state index >= 15 is 0 Å². The molecule has 2 heterocycles. The summed E-state index contributed by atoms with van der Waals surface area (Å²) in [5, 5.41) is 7.36. The molecule has 2 aromatic heterocycles. The van der Waals surface area contributed by atoms with E-state index in [0.29, 0.717) is 18.8 Å². The molecule has 28 heavy (non-hydrogen) atoms. The second-order valence-electron chi connectivity index (χ2n) is 7.61. The van der Waals surface area contributed by atoms with Gasteiger partial charge >= 0.3 is 0 Å². The number of amides is 1. The quantitative estimate of drug-likeness (QED) is 0.684. The number of rotatable bonds is 7. The van der Waals surface area contributed by atoms with Gasteiger partial charge in [0.25, 0.3) is 5.91 Å². The third kappa shape index (κ3) is 5.42. The zero-order valence-electron chi connectivity index (χ0n) is 16.6. The summed E-state index contributed by atoms with van der Waals surface area (Å²) in [5.41, 5.74) is 3.23. The minimum Gasteiger partial charge on any atom is -0.484 e. The standard InChI is InChI=1S/C22H26N4O2/c1-22(2,3)18-4-6-19(7-5-18)28-16-21(27)24-13-15-26-14-10-20(25-26)17-8-11-23-12-9-17/h4-12,14H,13,15-16H2,1-3H3,(H,24,27). The maximum atomic E-state index is 12.0. The van der Waals surface area contributed by atoms with Crippen LogP contribution in [0.5, 0.6) is 5.75 Å². The number of nitrogens with one attached hydrogen (secondary N) is 1. The molecule has 1 aromatic carbocycles. The first kappa shape index (κ1) is 19.6. The van der Waals surface area contributed by atoms with Crippen molar-refractivity contribution >= 4 is 5.91 Å². The maximum Gasteiger partial charge on any atom is 0.258 e. The van der Waals surface area contributed by atoms with Crippen LogP contribution in [0.3, 0.4) is 0 Å². The van der Waals surface area contributed by atoms with Crippen molar-refractivity contribution in [3.63, 3.8) is 0 Å². The Bertz CT molecular complexity index is 896. The fourth-order valence-corrected chi connectivity index (χ4v) is 2.72. The van der Waals surface area contributed by atoms with Crippen LogP contribution in [0.15, 0.2) is 61.1 Å². The molecule has 0 bridgehead atoms. The van der Waals surface area contributed by atoms with Crippen LogP contribution in [0.4, 0.5) is 0 Å². The Balaban J connectivity index is 1.41. The highest BCUT2D eigenvalue weighted by Gasteiger charge is 2.13. The number of carbonyl (C=O) groups is 1. The lowest BCUT2D eigenvalue weighted by atomic mass is 9.87. The number of hydrogen-bond donors (Lipinski definition) is 1. The van der Waals surface area contributed by atoms with Crippen molar-refractivity contribution in [2.75, 3.05) is 13.2 Å². The van der Waals surface area contributed by atoms with Crippen LogP contribution in [-0.2, 0) is 16.8 Å². The Morgan fingerprint density at radius 3 is 2.46 bits per heavy atom. The number of hydrogen-bond acceptors (Lipinski definition) is 4. The van der Waals surface area contributed by atoms with E-state index < -0.39 is 0 Å². The second-order valence-corrected chi connectivity index (χ2v) is 7.61. The van der Waals surface area contributed by atoms with Crippen LogP contribution < -0.4 is 10.1 Å². The monoisotopic (exact) mass is 378 g/mol. The molecule has 1 N–H and O–H groups in total. The van der Waals surface area contributed by atoms with Crippen molar-refractivity contribution in [3.05, 3.63) is 66.6 Å². The van der Waals surface area contributed by atoms with Gasteiger partial charge in [0.1, 0.15) is 5.75 Å². The van der Waals surface area contributed by atoms with Gasteiger partial charge in [-0.1, -0.05) is 32.9 Å². The molecule has 0 saturated heterocycles. The first-order valence-corrected chi connectivity index (χ1v) is 9.36. The fourth-order valence-electron chi connectivity index (χ4n) is 2.72. The summed E-state index contributed by atoms with van der Waals surface area (Å²) < 4.78 is 7.37. The molecule has 0 aliphatic carbocycles. The molecular weight excluding hydrogens is 352 g/mol. The summed E-state index contributed by atoms with van der Waals surface area (Å²) >= 11 is 0. The first-order chi connectivity index (χ1) is 13.4. The fraction of sp³-hybridized carbons (Fsp3) is 0.318. The van der Waals surface area contributed by atoms with Gasteiger partial charge < -0.3 is 10.1 Å². The van der Waals surface area contributed by atoms with Gasteiger partial charge in [0, 0.05) is 30.7 Å². The van der Waals surface area contributed by atoms with Gasteiger partial charge in [-0.15, -0.1) is 0 Å². The second kappa shape index (κ2) is 8.69. The summed E-state index contributed by atoms with van der Waals surface area (Å²) in [6.45, 7) is 7.57. The highest BCUT2D eigenvalue weighted by atomic mass is 16.5. The van der Waals surface area contributed by atoms with Crippen LogP contribution in [0.25, 0.3) is 11.3 Å². The van der Waals surface area contributed by atoms with Crippen molar-refractivity contribution in [2.45, 2.75) is 32.7 Å².